The molecule has 1 aromatic carbocycles. The number of thioether (sulfide) groups is 1. The van der Waals surface area contributed by atoms with E-state index in [-0.39, 0.29) is 0 Å². The van der Waals surface area contributed by atoms with Crippen molar-refractivity contribution < 1.29 is 8.83 Å². The molecule has 2 aliphatic rings. The van der Waals surface area contributed by atoms with Gasteiger partial charge in [-0.1, -0.05) is 41.5 Å². The average Bonchev–Trinajstić information content (AvgIpc) is 3.42. The SMILES string of the molecule is C=c1occc1=C1NN=C2SCC(c3ccc(-c4cc(Cl)ccc4Cl)o3)=NN21. The predicted octanol–water partition coefficient (Wildman–Crippen LogP) is 3.65. The highest BCUT2D eigenvalue weighted by molar-refractivity contribution is 8.14. The summed E-state index contributed by atoms with van der Waals surface area (Å²) in [6, 6.07) is 10.8. The lowest BCUT2D eigenvalue weighted by molar-refractivity contribution is 0.529. The highest BCUT2D eigenvalue weighted by Gasteiger charge is 2.30. The Balaban J connectivity index is 1.54. The molecule has 140 valence electrons. The Morgan fingerprint density at radius 3 is 2.82 bits per heavy atom. The van der Waals surface area contributed by atoms with E-state index in [0.717, 1.165) is 21.7 Å². The van der Waals surface area contributed by atoms with Gasteiger partial charge in [-0.15, -0.1) is 5.10 Å². The van der Waals surface area contributed by atoms with Crippen LogP contribution in [0, 0.1) is 0 Å². The minimum absolute atomic E-state index is 0.544. The van der Waals surface area contributed by atoms with E-state index in [0.29, 0.717) is 38.6 Å². The zero-order valence-corrected chi connectivity index (χ0v) is 16.6. The van der Waals surface area contributed by atoms with Gasteiger partial charge in [0.2, 0.25) is 5.17 Å². The number of benzene rings is 1. The summed E-state index contributed by atoms with van der Waals surface area (Å²) in [4.78, 5) is 0. The molecule has 2 aromatic heterocycles. The number of hydrogen-bond acceptors (Lipinski definition) is 7. The maximum atomic E-state index is 6.29. The molecule has 0 fully saturated rings. The van der Waals surface area contributed by atoms with Gasteiger partial charge < -0.3 is 8.83 Å². The maximum absolute atomic E-state index is 6.29. The molecule has 0 aliphatic carbocycles. The first-order chi connectivity index (χ1) is 13.6. The van der Waals surface area contributed by atoms with Crippen LogP contribution in [-0.4, -0.2) is 21.6 Å². The van der Waals surface area contributed by atoms with Crippen molar-refractivity contribution in [2.45, 2.75) is 0 Å². The van der Waals surface area contributed by atoms with Crippen molar-refractivity contribution in [3.63, 3.8) is 0 Å². The van der Waals surface area contributed by atoms with Crippen LogP contribution in [0.3, 0.4) is 0 Å². The van der Waals surface area contributed by atoms with Crippen molar-refractivity contribution in [2.75, 3.05) is 5.75 Å². The van der Waals surface area contributed by atoms with E-state index < -0.39 is 0 Å². The minimum Gasteiger partial charge on any atom is -0.465 e. The number of hydrogen-bond donors (Lipinski definition) is 1. The van der Waals surface area contributed by atoms with E-state index in [9.17, 15) is 0 Å². The van der Waals surface area contributed by atoms with Gasteiger partial charge in [0.15, 0.2) is 11.6 Å². The maximum Gasteiger partial charge on any atom is 0.210 e. The first-order valence-corrected chi connectivity index (χ1v) is 10.0. The molecule has 0 radical (unpaired) electrons. The van der Waals surface area contributed by atoms with Gasteiger partial charge in [0.1, 0.15) is 16.9 Å². The van der Waals surface area contributed by atoms with Gasteiger partial charge in [-0.2, -0.15) is 10.1 Å². The molecule has 4 heterocycles. The number of furan rings is 2. The number of rotatable bonds is 2. The lowest BCUT2D eigenvalue weighted by atomic mass is 10.2. The Kier molecular flexibility index (Phi) is 4.23. The molecule has 0 spiro atoms. The summed E-state index contributed by atoms with van der Waals surface area (Å²) in [6.07, 6.45) is 1.58. The molecule has 3 aromatic rings. The number of nitrogens with zero attached hydrogens (tertiary/aromatic N) is 3. The molecule has 2 aliphatic heterocycles. The van der Waals surface area contributed by atoms with Crippen LogP contribution in [0.4, 0.5) is 0 Å². The number of amidine groups is 1. The van der Waals surface area contributed by atoms with E-state index in [1.807, 2.05) is 18.2 Å². The molecule has 0 saturated heterocycles. The van der Waals surface area contributed by atoms with Crippen LogP contribution in [-0.2, 0) is 0 Å². The largest absolute Gasteiger partial charge is 0.465 e. The van der Waals surface area contributed by atoms with Crippen LogP contribution in [0.15, 0.2) is 61.7 Å². The molecule has 0 saturated carbocycles. The van der Waals surface area contributed by atoms with E-state index in [2.05, 4.69) is 17.1 Å². The van der Waals surface area contributed by atoms with Crippen molar-refractivity contribution in [1.82, 2.24) is 10.4 Å². The summed E-state index contributed by atoms with van der Waals surface area (Å²) in [6.45, 7) is 3.89. The Bertz CT molecular complexity index is 1260. The standard InChI is InChI=1S/C19H12Cl2N4O2S/c1-10-12(6-7-26-10)18-22-23-19-25(18)24-15(9-28-19)17-5-4-16(27-17)13-8-11(20)2-3-14(13)21/h2-8,22H,1,9H2. The highest BCUT2D eigenvalue weighted by Crippen LogP contribution is 2.33. The summed E-state index contributed by atoms with van der Waals surface area (Å²) in [5.74, 6) is 2.62. The molecule has 5 rings (SSSR count). The smallest absolute Gasteiger partial charge is 0.210 e. The molecule has 6 nitrogen and oxygen atoms in total. The normalized spacial score (nSPS) is 17.9. The molecular weight excluding hydrogens is 419 g/mol. The third-order valence-corrected chi connectivity index (χ3v) is 5.80. The minimum atomic E-state index is 0.544. The first-order valence-electron chi connectivity index (χ1n) is 8.26. The molecule has 0 atom stereocenters. The van der Waals surface area contributed by atoms with Crippen LogP contribution in [0.2, 0.25) is 10.0 Å². The van der Waals surface area contributed by atoms with Gasteiger partial charge in [0.25, 0.3) is 0 Å². The number of hydrazone groups is 2. The van der Waals surface area contributed by atoms with E-state index >= 15 is 0 Å². The molecule has 28 heavy (non-hydrogen) atoms. The van der Waals surface area contributed by atoms with Crippen LogP contribution in [0.1, 0.15) is 5.76 Å². The van der Waals surface area contributed by atoms with Crippen LogP contribution in [0.25, 0.3) is 23.7 Å². The Morgan fingerprint density at radius 2 is 2.00 bits per heavy atom. The second kappa shape index (κ2) is 6.77. The zero-order valence-electron chi connectivity index (χ0n) is 14.3. The van der Waals surface area contributed by atoms with E-state index in [1.165, 1.54) is 0 Å². The molecule has 0 amide bonds. The van der Waals surface area contributed by atoms with E-state index in [4.69, 9.17) is 37.1 Å². The van der Waals surface area contributed by atoms with Gasteiger partial charge in [-0.05, 0) is 36.4 Å². The summed E-state index contributed by atoms with van der Waals surface area (Å²) in [5, 5.41) is 13.5. The molecule has 1 N–H and O–H groups in total. The predicted molar refractivity (Wildman–Crippen MR) is 112 cm³/mol. The zero-order chi connectivity index (χ0) is 19.3. The summed E-state index contributed by atoms with van der Waals surface area (Å²) < 4.78 is 11.3. The summed E-state index contributed by atoms with van der Waals surface area (Å²) in [7, 11) is 0. The van der Waals surface area contributed by atoms with Crippen molar-refractivity contribution in [3.8, 4) is 11.3 Å². The summed E-state index contributed by atoms with van der Waals surface area (Å²) >= 11 is 13.9. The van der Waals surface area contributed by atoms with Crippen LogP contribution in [0.5, 0.6) is 0 Å². The van der Waals surface area contributed by atoms with Gasteiger partial charge in [0, 0.05) is 16.3 Å². The lowest BCUT2D eigenvalue weighted by Crippen LogP contribution is -2.34. The number of nitrogens with one attached hydrogen (secondary N) is 1. The van der Waals surface area contributed by atoms with Gasteiger partial charge in [0.05, 0.1) is 16.5 Å². The molecule has 0 bridgehead atoms. The van der Waals surface area contributed by atoms with Crippen molar-refractivity contribution in [1.29, 1.82) is 0 Å². The fourth-order valence-corrected chi connectivity index (χ4v) is 4.14. The Hall–Kier alpha value is -2.61. The second-order valence-electron chi connectivity index (χ2n) is 6.05. The monoisotopic (exact) mass is 430 g/mol. The topological polar surface area (TPSA) is 66.3 Å². The number of fused-ring (bicyclic) bond motifs is 1. The van der Waals surface area contributed by atoms with Gasteiger partial charge in [-0.3, -0.25) is 5.43 Å². The quantitative estimate of drug-likeness (QED) is 0.671. The molecule has 0 unspecified atom stereocenters. The van der Waals surface area contributed by atoms with Crippen LogP contribution >= 0.6 is 35.0 Å². The molecule has 9 heteroatoms. The van der Waals surface area contributed by atoms with Crippen LogP contribution < -0.4 is 16.1 Å². The Labute approximate surface area is 173 Å². The number of halogens is 2. The van der Waals surface area contributed by atoms with Gasteiger partial charge >= 0.3 is 0 Å². The van der Waals surface area contributed by atoms with Gasteiger partial charge in [-0.25, -0.2) is 0 Å². The Morgan fingerprint density at radius 1 is 1.14 bits per heavy atom. The fourth-order valence-electron chi connectivity index (χ4n) is 2.93. The second-order valence-corrected chi connectivity index (χ2v) is 7.83. The van der Waals surface area contributed by atoms with Crippen molar-refractivity contribution in [2.24, 2.45) is 10.2 Å². The molecular formula is C19H12Cl2N4O2S. The van der Waals surface area contributed by atoms with Crippen molar-refractivity contribution >= 4 is 58.2 Å². The third kappa shape index (κ3) is 2.92. The summed E-state index contributed by atoms with van der Waals surface area (Å²) in [5.41, 5.74) is 5.06. The van der Waals surface area contributed by atoms with E-state index in [1.54, 1.807) is 41.2 Å². The third-order valence-electron chi connectivity index (χ3n) is 4.29. The average molecular weight is 431 g/mol. The lowest BCUT2D eigenvalue weighted by Gasteiger charge is -2.20. The first kappa shape index (κ1) is 17.5. The highest BCUT2D eigenvalue weighted by atomic mass is 35.5. The fraction of sp³-hybridized carbons (Fsp3) is 0.0526. The van der Waals surface area contributed by atoms with Crippen molar-refractivity contribution in [3.05, 3.63) is 69.1 Å².